The summed E-state index contributed by atoms with van der Waals surface area (Å²) in [6.07, 6.45) is 3.60. The predicted molar refractivity (Wildman–Crippen MR) is 62.5 cm³/mol. The lowest BCUT2D eigenvalue weighted by molar-refractivity contribution is 0.693. The highest BCUT2D eigenvalue weighted by molar-refractivity contribution is 14.1. The van der Waals surface area contributed by atoms with Crippen molar-refractivity contribution in [1.82, 2.24) is 19.6 Å². The maximum atomic E-state index is 9.03. The molecule has 0 unspecified atom stereocenters. The molecule has 0 fully saturated rings. The van der Waals surface area contributed by atoms with E-state index in [1.165, 1.54) is 0 Å². The number of nitrogens with zero attached hydrogens (tertiary/aromatic N) is 5. The van der Waals surface area contributed by atoms with Crippen LogP contribution in [0.2, 0.25) is 0 Å². The van der Waals surface area contributed by atoms with Gasteiger partial charge in [-0.1, -0.05) is 0 Å². The zero-order chi connectivity index (χ0) is 11.0. The summed E-state index contributed by atoms with van der Waals surface area (Å²) in [6.45, 7) is 1.82. The highest BCUT2D eigenvalue weighted by Crippen LogP contribution is 2.16. The van der Waals surface area contributed by atoms with Gasteiger partial charge in [-0.15, -0.1) is 0 Å². The van der Waals surface area contributed by atoms with Gasteiger partial charge in [-0.25, -0.2) is 9.36 Å². The molecular weight excluding hydrogens is 305 g/mol. The molecule has 76 valence electrons. The molecule has 2 heterocycles. The summed E-state index contributed by atoms with van der Waals surface area (Å²) in [6, 6.07) is 2.15. The predicted octanol–water partition coefficient (Wildman–Crippen LogP) is 1.39. The summed E-state index contributed by atoms with van der Waals surface area (Å²) in [5, 5.41) is 17.4. The first-order chi connectivity index (χ1) is 7.13. The molecule has 2 aromatic heterocycles. The third-order valence-electron chi connectivity index (χ3n) is 2.07. The smallest absolute Gasteiger partial charge is 0.169 e. The van der Waals surface area contributed by atoms with Crippen LogP contribution in [0.4, 0.5) is 0 Å². The van der Waals surface area contributed by atoms with Crippen molar-refractivity contribution in [1.29, 1.82) is 5.26 Å². The van der Waals surface area contributed by atoms with Gasteiger partial charge in [-0.2, -0.15) is 15.5 Å². The molecule has 6 heteroatoms. The molecule has 15 heavy (non-hydrogen) atoms. The Labute approximate surface area is 100 Å². The summed E-state index contributed by atoms with van der Waals surface area (Å²) < 4.78 is 4.35. The topological polar surface area (TPSA) is 59.4 Å². The van der Waals surface area contributed by atoms with E-state index in [-0.39, 0.29) is 0 Å². The van der Waals surface area contributed by atoms with E-state index < -0.39 is 0 Å². The van der Waals surface area contributed by atoms with Gasteiger partial charge in [0.25, 0.3) is 0 Å². The molecule has 0 amide bonds. The third-order valence-corrected chi connectivity index (χ3v) is 2.63. The number of hydrogen-bond donors (Lipinski definition) is 0. The van der Waals surface area contributed by atoms with Crippen LogP contribution in [0.3, 0.4) is 0 Å². The van der Waals surface area contributed by atoms with Crippen LogP contribution >= 0.6 is 22.6 Å². The number of aromatic nitrogens is 4. The second kappa shape index (κ2) is 3.66. The lowest BCUT2D eigenvalue weighted by Crippen LogP contribution is -2.04. The SMILES string of the molecule is Cc1nn(C)c(-n2cc(I)cn2)c1C#N. The molecule has 0 aliphatic carbocycles. The van der Waals surface area contributed by atoms with E-state index in [9.17, 15) is 0 Å². The molecular formula is C9H8IN5. The van der Waals surface area contributed by atoms with Gasteiger partial charge in [0.05, 0.1) is 15.5 Å². The maximum Gasteiger partial charge on any atom is 0.169 e. The highest BCUT2D eigenvalue weighted by atomic mass is 127. The molecule has 0 N–H and O–H groups in total. The molecule has 0 aliphatic heterocycles. The van der Waals surface area contributed by atoms with E-state index in [0.717, 1.165) is 9.26 Å². The second-order valence-electron chi connectivity index (χ2n) is 3.12. The quantitative estimate of drug-likeness (QED) is 0.748. The van der Waals surface area contributed by atoms with E-state index in [1.54, 1.807) is 22.6 Å². The van der Waals surface area contributed by atoms with Gasteiger partial charge in [0.15, 0.2) is 5.82 Å². The molecule has 0 bridgehead atoms. The molecule has 0 saturated carbocycles. The Morgan fingerprint density at radius 1 is 1.53 bits per heavy atom. The zero-order valence-corrected chi connectivity index (χ0v) is 10.4. The Kier molecular flexibility index (Phi) is 2.48. The van der Waals surface area contributed by atoms with Crippen LogP contribution < -0.4 is 0 Å². The average molecular weight is 313 g/mol. The van der Waals surface area contributed by atoms with Crippen molar-refractivity contribution in [2.45, 2.75) is 6.92 Å². The van der Waals surface area contributed by atoms with Crippen molar-refractivity contribution in [3.8, 4) is 11.9 Å². The molecule has 0 aliphatic rings. The number of rotatable bonds is 1. The first-order valence-electron chi connectivity index (χ1n) is 4.27. The van der Waals surface area contributed by atoms with E-state index in [0.29, 0.717) is 11.4 Å². The largest absolute Gasteiger partial charge is 0.250 e. The standard InChI is InChI=1S/C9H8IN5/c1-6-8(3-11)9(14(2)13-6)15-5-7(10)4-12-15/h4-5H,1-2H3. The van der Waals surface area contributed by atoms with Gasteiger partial charge in [0, 0.05) is 13.2 Å². The van der Waals surface area contributed by atoms with Gasteiger partial charge in [-0.05, 0) is 29.5 Å². The normalized spacial score (nSPS) is 10.3. The molecule has 5 nitrogen and oxygen atoms in total. The summed E-state index contributed by atoms with van der Waals surface area (Å²) in [7, 11) is 1.80. The molecule has 0 spiro atoms. The minimum absolute atomic E-state index is 0.567. The van der Waals surface area contributed by atoms with Crippen LogP contribution in [-0.4, -0.2) is 19.6 Å². The summed E-state index contributed by atoms with van der Waals surface area (Å²) in [5.74, 6) is 0.706. The fourth-order valence-corrected chi connectivity index (χ4v) is 1.84. The van der Waals surface area contributed by atoms with Crippen LogP contribution in [0.15, 0.2) is 12.4 Å². The molecule has 0 aromatic carbocycles. The van der Waals surface area contributed by atoms with Gasteiger partial charge in [0.1, 0.15) is 11.6 Å². The lowest BCUT2D eigenvalue weighted by atomic mass is 10.3. The second-order valence-corrected chi connectivity index (χ2v) is 4.37. The first kappa shape index (κ1) is 10.2. The summed E-state index contributed by atoms with van der Waals surface area (Å²) in [4.78, 5) is 0. The monoisotopic (exact) mass is 313 g/mol. The highest BCUT2D eigenvalue weighted by Gasteiger charge is 2.15. The van der Waals surface area contributed by atoms with Gasteiger partial charge in [-0.3, -0.25) is 0 Å². The van der Waals surface area contributed by atoms with Crippen LogP contribution in [0, 0.1) is 21.8 Å². The Balaban J connectivity index is 2.67. The first-order valence-corrected chi connectivity index (χ1v) is 5.35. The summed E-state index contributed by atoms with van der Waals surface area (Å²) >= 11 is 2.17. The molecule has 0 radical (unpaired) electrons. The fraction of sp³-hybridized carbons (Fsp3) is 0.222. The third kappa shape index (κ3) is 1.63. The van der Waals surface area contributed by atoms with Crippen LogP contribution in [0.5, 0.6) is 0 Å². The number of aryl methyl sites for hydroxylation is 2. The van der Waals surface area contributed by atoms with Crippen molar-refractivity contribution in [3.63, 3.8) is 0 Å². The van der Waals surface area contributed by atoms with E-state index >= 15 is 0 Å². The van der Waals surface area contributed by atoms with Gasteiger partial charge < -0.3 is 0 Å². The lowest BCUT2D eigenvalue weighted by Gasteiger charge is -2.00. The van der Waals surface area contributed by atoms with Crippen molar-refractivity contribution in [2.75, 3.05) is 0 Å². The van der Waals surface area contributed by atoms with Crippen LogP contribution in [0.25, 0.3) is 5.82 Å². The average Bonchev–Trinajstić information content (AvgIpc) is 2.70. The maximum absolute atomic E-state index is 9.03. The van der Waals surface area contributed by atoms with Crippen LogP contribution in [0.1, 0.15) is 11.3 Å². The number of hydrogen-bond acceptors (Lipinski definition) is 3. The minimum atomic E-state index is 0.567. The van der Waals surface area contributed by atoms with E-state index in [1.807, 2.05) is 13.1 Å². The Bertz CT molecular complexity index is 545. The van der Waals surface area contributed by atoms with Crippen molar-refractivity contribution < 1.29 is 0 Å². The molecule has 2 aromatic rings. The van der Waals surface area contributed by atoms with E-state index in [4.69, 9.17) is 5.26 Å². The molecule has 0 saturated heterocycles. The van der Waals surface area contributed by atoms with Crippen molar-refractivity contribution >= 4 is 22.6 Å². The number of halogens is 1. The van der Waals surface area contributed by atoms with E-state index in [2.05, 4.69) is 38.9 Å². The fourth-order valence-electron chi connectivity index (χ4n) is 1.46. The Hall–Kier alpha value is -1.36. The molecule has 0 atom stereocenters. The van der Waals surface area contributed by atoms with Gasteiger partial charge in [0.2, 0.25) is 0 Å². The summed E-state index contributed by atoms with van der Waals surface area (Å²) in [5.41, 5.74) is 1.29. The Morgan fingerprint density at radius 3 is 2.80 bits per heavy atom. The van der Waals surface area contributed by atoms with Gasteiger partial charge >= 0.3 is 0 Å². The van der Waals surface area contributed by atoms with Crippen LogP contribution in [-0.2, 0) is 7.05 Å². The number of nitriles is 1. The minimum Gasteiger partial charge on any atom is -0.250 e. The molecule has 2 rings (SSSR count). The Morgan fingerprint density at radius 2 is 2.27 bits per heavy atom. The van der Waals surface area contributed by atoms with Crippen molar-refractivity contribution in [2.24, 2.45) is 7.05 Å². The van der Waals surface area contributed by atoms with Crippen molar-refractivity contribution in [3.05, 3.63) is 27.2 Å². The zero-order valence-electron chi connectivity index (χ0n) is 8.27.